The summed E-state index contributed by atoms with van der Waals surface area (Å²) in [7, 11) is 0. The van der Waals surface area contributed by atoms with Crippen molar-refractivity contribution < 1.29 is 5.11 Å². The van der Waals surface area contributed by atoms with E-state index in [2.05, 4.69) is 11.1 Å². The number of halogens is 1. The van der Waals surface area contributed by atoms with Crippen molar-refractivity contribution in [1.29, 1.82) is 0 Å². The minimum atomic E-state index is 0. The first kappa shape index (κ1) is 13.4. The molecule has 19 heavy (non-hydrogen) atoms. The third-order valence-corrected chi connectivity index (χ3v) is 3.12. The van der Waals surface area contributed by atoms with Crippen LogP contribution in [0.1, 0.15) is 11.1 Å². The quantitative estimate of drug-likeness (QED) is 0.765. The van der Waals surface area contributed by atoms with Crippen LogP contribution in [0.5, 0.6) is 5.75 Å². The van der Waals surface area contributed by atoms with Crippen LogP contribution in [0.15, 0.2) is 60.9 Å². The third kappa shape index (κ3) is 2.69. The molecule has 0 amide bonds. The highest BCUT2D eigenvalue weighted by atomic mass is 35.5. The monoisotopic (exact) mass is 271 g/mol. The second kappa shape index (κ2) is 5.72. The van der Waals surface area contributed by atoms with Crippen LogP contribution in [0, 0.1) is 0 Å². The molecule has 3 rings (SSSR count). The normalized spacial score (nSPS) is 10.1. The molecule has 2 nitrogen and oxygen atoms in total. The first-order chi connectivity index (χ1) is 8.84. The van der Waals surface area contributed by atoms with Gasteiger partial charge in [0.2, 0.25) is 0 Å². The van der Waals surface area contributed by atoms with E-state index in [0.29, 0.717) is 12.2 Å². The minimum absolute atomic E-state index is 0. The Morgan fingerprint density at radius 1 is 0.947 bits per heavy atom. The van der Waals surface area contributed by atoms with Crippen LogP contribution in [0.2, 0.25) is 0 Å². The van der Waals surface area contributed by atoms with E-state index in [1.165, 1.54) is 0 Å². The highest BCUT2D eigenvalue weighted by molar-refractivity contribution is 5.88. The van der Waals surface area contributed by atoms with Crippen molar-refractivity contribution in [3.63, 3.8) is 0 Å². The van der Waals surface area contributed by atoms with Crippen LogP contribution in [0.3, 0.4) is 0 Å². The number of phenols is 1. The zero-order chi connectivity index (χ0) is 12.4. The highest BCUT2D eigenvalue weighted by Crippen LogP contribution is 2.28. The molecule has 1 heterocycles. The maximum atomic E-state index is 10.0. The number of fused-ring (bicyclic) bond motifs is 1. The van der Waals surface area contributed by atoms with Gasteiger partial charge in [-0.25, -0.2) is 0 Å². The second-order valence-electron chi connectivity index (χ2n) is 4.32. The Labute approximate surface area is 118 Å². The Morgan fingerprint density at radius 3 is 2.58 bits per heavy atom. The van der Waals surface area contributed by atoms with Gasteiger partial charge in [0.05, 0.1) is 0 Å². The fourth-order valence-electron chi connectivity index (χ4n) is 2.22. The van der Waals surface area contributed by atoms with Gasteiger partial charge in [0.1, 0.15) is 5.75 Å². The molecule has 0 aliphatic rings. The van der Waals surface area contributed by atoms with Crippen molar-refractivity contribution in [3.05, 3.63) is 72.1 Å². The number of rotatable bonds is 2. The largest absolute Gasteiger partial charge is 0.508 e. The van der Waals surface area contributed by atoms with E-state index >= 15 is 0 Å². The number of benzene rings is 2. The molecule has 0 spiro atoms. The summed E-state index contributed by atoms with van der Waals surface area (Å²) in [6.45, 7) is 0. The Morgan fingerprint density at radius 2 is 1.79 bits per heavy atom. The standard InChI is InChI=1S/C16H13NO.ClH/c18-16-8-7-13-5-1-2-6-14(13)15(16)10-12-4-3-9-17-11-12;/h1-9,11,18H,10H2;1H. The fourth-order valence-corrected chi connectivity index (χ4v) is 2.22. The van der Waals surface area contributed by atoms with Crippen molar-refractivity contribution in [2.24, 2.45) is 0 Å². The lowest BCUT2D eigenvalue weighted by Crippen LogP contribution is -1.91. The molecule has 0 aliphatic heterocycles. The molecule has 96 valence electrons. The molecule has 0 bridgehead atoms. The predicted molar refractivity (Wildman–Crippen MR) is 79.9 cm³/mol. The van der Waals surface area contributed by atoms with Crippen LogP contribution in [-0.4, -0.2) is 10.1 Å². The second-order valence-corrected chi connectivity index (χ2v) is 4.32. The van der Waals surface area contributed by atoms with Gasteiger partial charge in [-0.05, 0) is 28.5 Å². The van der Waals surface area contributed by atoms with Gasteiger partial charge in [-0.2, -0.15) is 0 Å². The number of nitrogens with zero attached hydrogens (tertiary/aromatic N) is 1. The zero-order valence-corrected chi connectivity index (χ0v) is 11.1. The molecule has 3 heteroatoms. The van der Waals surface area contributed by atoms with Gasteiger partial charge >= 0.3 is 0 Å². The van der Waals surface area contributed by atoms with E-state index in [0.717, 1.165) is 21.9 Å². The maximum absolute atomic E-state index is 10.0. The van der Waals surface area contributed by atoms with Gasteiger partial charge in [-0.15, -0.1) is 12.4 Å². The summed E-state index contributed by atoms with van der Waals surface area (Å²) in [5.74, 6) is 0.345. The summed E-state index contributed by atoms with van der Waals surface area (Å²) >= 11 is 0. The molecular formula is C16H14ClNO. The molecule has 2 aromatic carbocycles. The van der Waals surface area contributed by atoms with E-state index < -0.39 is 0 Å². The zero-order valence-electron chi connectivity index (χ0n) is 10.3. The number of pyridine rings is 1. The Balaban J connectivity index is 0.00000133. The van der Waals surface area contributed by atoms with Crippen LogP contribution in [0.4, 0.5) is 0 Å². The van der Waals surface area contributed by atoms with Crippen LogP contribution in [0.25, 0.3) is 10.8 Å². The van der Waals surface area contributed by atoms with Crippen LogP contribution in [-0.2, 0) is 6.42 Å². The molecule has 0 saturated carbocycles. The molecular weight excluding hydrogens is 258 g/mol. The molecule has 0 fully saturated rings. The van der Waals surface area contributed by atoms with Gasteiger partial charge in [0.25, 0.3) is 0 Å². The number of hydrogen-bond acceptors (Lipinski definition) is 2. The molecule has 0 atom stereocenters. The lowest BCUT2D eigenvalue weighted by atomic mass is 9.98. The highest BCUT2D eigenvalue weighted by Gasteiger charge is 2.07. The summed E-state index contributed by atoms with van der Waals surface area (Å²) in [6.07, 6.45) is 4.29. The van der Waals surface area contributed by atoms with Crippen molar-refractivity contribution in [1.82, 2.24) is 4.98 Å². The number of aromatic hydroxyl groups is 1. The molecule has 1 N–H and O–H groups in total. The average Bonchev–Trinajstić information content (AvgIpc) is 2.43. The van der Waals surface area contributed by atoms with Crippen LogP contribution >= 0.6 is 12.4 Å². The summed E-state index contributed by atoms with van der Waals surface area (Å²) in [6, 6.07) is 15.7. The molecule has 0 radical (unpaired) electrons. The summed E-state index contributed by atoms with van der Waals surface area (Å²) in [5, 5.41) is 12.3. The van der Waals surface area contributed by atoms with Crippen molar-refractivity contribution in [2.75, 3.05) is 0 Å². The van der Waals surface area contributed by atoms with Crippen molar-refractivity contribution >= 4 is 23.2 Å². The molecule has 1 aromatic heterocycles. The number of hydrogen-bond donors (Lipinski definition) is 1. The molecule has 0 saturated heterocycles. The van der Waals surface area contributed by atoms with E-state index in [1.54, 1.807) is 12.3 Å². The topological polar surface area (TPSA) is 33.1 Å². The lowest BCUT2D eigenvalue weighted by molar-refractivity contribution is 0.470. The summed E-state index contributed by atoms with van der Waals surface area (Å²) < 4.78 is 0. The van der Waals surface area contributed by atoms with Crippen molar-refractivity contribution in [3.8, 4) is 5.75 Å². The third-order valence-electron chi connectivity index (χ3n) is 3.12. The minimum Gasteiger partial charge on any atom is -0.508 e. The lowest BCUT2D eigenvalue weighted by Gasteiger charge is -2.09. The molecule has 0 aliphatic carbocycles. The molecule has 0 unspecified atom stereocenters. The SMILES string of the molecule is Cl.Oc1ccc2ccccc2c1Cc1cccnc1. The Bertz CT molecular complexity index is 683. The van der Waals surface area contributed by atoms with Gasteiger partial charge < -0.3 is 5.11 Å². The van der Waals surface area contributed by atoms with E-state index in [9.17, 15) is 5.11 Å². The van der Waals surface area contributed by atoms with Gasteiger partial charge in [-0.1, -0.05) is 36.4 Å². The van der Waals surface area contributed by atoms with Crippen molar-refractivity contribution in [2.45, 2.75) is 6.42 Å². The van der Waals surface area contributed by atoms with Gasteiger partial charge in [0, 0.05) is 24.4 Å². The van der Waals surface area contributed by atoms with E-state index in [1.807, 2.05) is 42.6 Å². The smallest absolute Gasteiger partial charge is 0.119 e. The first-order valence-corrected chi connectivity index (χ1v) is 5.93. The first-order valence-electron chi connectivity index (χ1n) is 5.93. The average molecular weight is 272 g/mol. The predicted octanol–water partition coefficient (Wildman–Crippen LogP) is 3.95. The van der Waals surface area contributed by atoms with E-state index in [-0.39, 0.29) is 12.4 Å². The van der Waals surface area contributed by atoms with Crippen LogP contribution < -0.4 is 0 Å². The number of phenolic OH excluding ortho intramolecular Hbond substituents is 1. The Kier molecular flexibility index (Phi) is 4.03. The fraction of sp³-hybridized carbons (Fsp3) is 0.0625. The Hall–Kier alpha value is -2.06. The molecule has 3 aromatic rings. The summed E-state index contributed by atoms with van der Waals surface area (Å²) in [5.41, 5.74) is 2.06. The maximum Gasteiger partial charge on any atom is 0.119 e. The van der Waals surface area contributed by atoms with E-state index in [4.69, 9.17) is 0 Å². The number of aromatic nitrogens is 1. The summed E-state index contributed by atoms with van der Waals surface area (Å²) in [4.78, 5) is 4.11. The van der Waals surface area contributed by atoms with Gasteiger partial charge in [0.15, 0.2) is 0 Å². The van der Waals surface area contributed by atoms with Gasteiger partial charge in [-0.3, -0.25) is 4.98 Å².